The van der Waals surface area contributed by atoms with E-state index < -0.39 is 17.3 Å². The third kappa shape index (κ3) is 2.05. The number of aliphatic hydroxyl groups excluding tert-OH is 1. The van der Waals surface area contributed by atoms with E-state index in [0.29, 0.717) is 18.4 Å². The van der Waals surface area contributed by atoms with Gasteiger partial charge in [-0.1, -0.05) is 6.92 Å². The molecule has 0 aromatic heterocycles. The standard InChI is InChI=1S/C26H41NO7/c1-6-27-11-23(12-29-2)8-7-17(31-4)25-15-9-14-16(30-3)10-24(18(15)19(14)32-5)26(22(25)27,34-13-33-24)21(28)20(23)25/h14-22,28H,6-13H2,1-5H3/t14-,15?,16+,17+,18?,19+,20?,21+,22-,23+,24?,25+,26+/m1/s1. The normalized spacial score (nSPS) is 61.1. The van der Waals surface area contributed by atoms with Crippen LogP contribution in [0.2, 0.25) is 0 Å². The summed E-state index contributed by atoms with van der Waals surface area (Å²) >= 11 is 0. The zero-order valence-electron chi connectivity index (χ0n) is 21.2. The maximum absolute atomic E-state index is 12.6. The van der Waals surface area contributed by atoms with Crippen LogP contribution < -0.4 is 0 Å². The molecule has 2 saturated heterocycles. The highest BCUT2D eigenvalue weighted by molar-refractivity contribution is 5.42. The monoisotopic (exact) mass is 479 g/mol. The van der Waals surface area contributed by atoms with E-state index >= 15 is 0 Å². The van der Waals surface area contributed by atoms with Gasteiger partial charge in [0.25, 0.3) is 0 Å². The largest absolute Gasteiger partial charge is 0.390 e. The van der Waals surface area contributed by atoms with Crippen molar-refractivity contribution >= 4 is 0 Å². The first-order valence-corrected chi connectivity index (χ1v) is 13.2. The van der Waals surface area contributed by atoms with Crippen molar-refractivity contribution in [3.63, 3.8) is 0 Å². The molecule has 8 heteroatoms. The van der Waals surface area contributed by atoms with Crippen LogP contribution in [0.15, 0.2) is 0 Å². The molecule has 7 fully saturated rings. The lowest BCUT2D eigenvalue weighted by molar-refractivity contribution is -0.287. The molecule has 0 aromatic carbocycles. The van der Waals surface area contributed by atoms with Crippen molar-refractivity contribution in [1.29, 1.82) is 0 Å². The van der Waals surface area contributed by atoms with E-state index in [-0.39, 0.29) is 53.8 Å². The molecule has 4 unspecified atom stereocenters. The summed E-state index contributed by atoms with van der Waals surface area (Å²) in [5.74, 6) is 0.813. The van der Waals surface area contributed by atoms with Gasteiger partial charge in [0.05, 0.1) is 37.1 Å². The Kier molecular flexibility index (Phi) is 4.81. The number of aliphatic hydroxyl groups is 1. The zero-order valence-corrected chi connectivity index (χ0v) is 21.2. The smallest absolute Gasteiger partial charge is 0.148 e. The highest BCUT2D eigenvalue weighted by Crippen LogP contribution is 2.82. The van der Waals surface area contributed by atoms with Gasteiger partial charge in [-0.15, -0.1) is 0 Å². The minimum absolute atomic E-state index is 0.0240. The van der Waals surface area contributed by atoms with E-state index in [0.717, 1.165) is 38.8 Å². The molecule has 2 aliphatic heterocycles. The van der Waals surface area contributed by atoms with Gasteiger partial charge in [-0.3, -0.25) is 4.90 Å². The minimum Gasteiger partial charge on any atom is -0.390 e. The van der Waals surface area contributed by atoms with E-state index in [4.69, 9.17) is 28.4 Å². The molecule has 0 radical (unpaired) electrons. The third-order valence-corrected chi connectivity index (χ3v) is 12.0. The highest BCUT2D eigenvalue weighted by Gasteiger charge is 2.93. The fourth-order valence-corrected chi connectivity index (χ4v) is 11.7. The number of piperidine rings is 1. The van der Waals surface area contributed by atoms with Gasteiger partial charge in [0.2, 0.25) is 0 Å². The summed E-state index contributed by atoms with van der Waals surface area (Å²) in [6.45, 7) is 4.93. The van der Waals surface area contributed by atoms with Crippen LogP contribution in [0.3, 0.4) is 0 Å². The summed E-state index contributed by atoms with van der Waals surface area (Å²) in [5, 5.41) is 12.6. The molecule has 1 N–H and O–H groups in total. The van der Waals surface area contributed by atoms with Crippen LogP contribution in [0.25, 0.3) is 0 Å². The number of fused-ring (bicyclic) bond motifs is 1. The molecule has 0 amide bonds. The van der Waals surface area contributed by atoms with E-state index in [9.17, 15) is 5.11 Å². The van der Waals surface area contributed by atoms with Crippen molar-refractivity contribution in [3.8, 4) is 0 Å². The van der Waals surface area contributed by atoms with Crippen molar-refractivity contribution in [2.24, 2.45) is 34.5 Å². The van der Waals surface area contributed by atoms with Crippen molar-refractivity contribution in [3.05, 3.63) is 0 Å². The Labute approximate surface area is 202 Å². The Bertz CT molecular complexity index is 859. The highest BCUT2D eigenvalue weighted by atomic mass is 16.7. The molecule has 5 saturated carbocycles. The number of methoxy groups -OCH3 is 4. The van der Waals surface area contributed by atoms with Crippen LogP contribution in [-0.4, -0.2) is 107 Å². The quantitative estimate of drug-likeness (QED) is 0.611. The van der Waals surface area contributed by atoms with E-state index in [1.807, 2.05) is 21.3 Å². The first-order valence-electron chi connectivity index (χ1n) is 13.2. The number of likely N-dealkylation sites (N-methyl/N-ethyl adjacent to an activating group) is 1. The molecular formula is C26H41NO7. The van der Waals surface area contributed by atoms with Crippen LogP contribution >= 0.6 is 0 Å². The molecule has 192 valence electrons. The Morgan fingerprint density at radius 3 is 2.59 bits per heavy atom. The fourth-order valence-electron chi connectivity index (χ4n) is 11.7. The minimum atomic E-state index is -0.825. The van der Waals surface area contributed by atoms with Crippen molar-refractivity contribution in [2.75, 3.05) is 54.9 Å². The van der Waals surface area contributed by atoms with E-state index in [2.05, 4.69) is 11.8 Å². The Morgan fingerprint density at radius 1 is 1.09 bits per heavy atom. The summed E-state index contributed by atoms with van der Waals surface area (Å²) in [7, 11) is 7.32. The predicted octanol–water partition coefficient (Wildman–Crippen LogP) is 1.29. The van der Waals surface area contributed by atoms with Crippen LogP contribution in [0, 0.1) is 34.5 Å². The zero-order chi connectivity index (χ0) is 23.7. The number of likely N-dealkylation sites (tertiary alicyclic amines) is 1. The Morgan fingerprint density at radius 2 is 1.91 bits per heavy atom. The average molecular weight is 480 g/mol. The molecule has 34 heavy (non-hydrogen) atoms. The van der Waals surface area contributed by atoms with Gasteiger partial charge >= 0.3 is 0 Å². The topological polar surface area (TPSA) is 78.9 Å². The molecule has 8 nitrogen and oxygen atoms in total. The summed E-state index contributed by atoms with van der Waals surface area (Å²) in [5.41, 5.74) is -1.83. The number of hydrogen-bond acceptors (Lipinski definition) is 8. The number of hydrogen-bond donors (Lipinski definition) is 1. The molecule has 2 heterocycles. The van der Waals surface area contributed by atoms with Crippen LogP contribution in [-0.2, 0) is 28.4 Å². The molecule has 5 aliphatic carbocycles. The second-order valence-corrected chi connectivity index (χ2v) is 12.2. The molecule has 7 aliphatic rings. The van der Waals surface area contributed by atoms with Gasteiger partial charge in [-0.2, -0.15) is 0 Å². The average Bonchev–Trinajstić information content (AvgIpc) is 3.42. The molecule has 7 rings (SSSR count). The van der Waals surface area contributed by atoms with Gasteiger partial charge in [-0.25, -0.2) is 0 Å². The first-order chi connectivity index (χ1) is 16.5. The Balaban J connectivity index is 1.55. The number of nitrogens with zero attached hydrogens (tertiary/aromatic N) is 1. The second kappa shape index (κ2) is 7.16. The molecule has 13 atom stereocenters. The second-order valence-electron chi connectivity index (χ2n) is 12.2. The fraction of sp³-hybridized carbons (Fsp3) is 1.00. The SMILES string of the molecule is CCN1C[C@]2(COC)CC[C@H](OC)[C@]34C5C[C@@H]6[C@@H](OC)CC7(OCO[C@]7([C@H]13)[C@@H](O)C24)C5[C@H]6OC. The molecule has 3 spiro atoms. The van der Waals surface area contributed by atoms with Gasteiger partial charge in [0.1, 0.15) is 18.0 Å². The summed E-state index contributed by atoms with van der Waals surface area (Å²) in [6, 6.07) is 0.0378. The Hall–Kier alpha value is -0.320. The van der Waals surface area contributed by atoms with Gasteiger partial charge in [0, 0.05) is 70.0 Å². The van der Waals surface area contributed by atoms with Crippen LogP contribution in [0.4, 0.5) is 0 Å². The summed E-state index contributed by atoms with van der Waals surface area (Å²) < 4.78 is 38.3. The van der Waals surface area contributed by atoms with Crippen LogP contribution in [0.5, 0.6) is 0 Å². The lowest BCUT2D eigenvalue weighted by Crippen LogP contribution is -2.81. The molecule has 0 aromatic rings. The molecule has 7 bridgehead atoms. The van der Waals surface area contributed by atoms with E-state index in [1.165, 1.54) is 0 Å². The third-order valence-electron chi connectivity index (χ3n) is 12.0. The van der Waals surface area contributed by atoms with Crippen molar-refractivity contribution in [1.82, 2.24) is 4.90 Å². The van der Waals surface area contributed by atoms with Crippen molar-refractivity contribution < 1.29 is 33.5 Å². The number of rotatable bonds is 6. The summed E-state index contributed by atoms with van der Waals surface area (Å²) in [4.78, 5) is 2.61. The predicted molar refractivity (Wildman–Crippen MR) is 121 cm³/mol. The van der Waals surface area contributed by atoms with Gasteiger partial charge < -0.3 is 33.5 Å². The lowest BCUT2D eigenvalue weighted by Gasteiger charge is -2.70. The first kappa shape index (κ1) is 22.8. The maximum Gasteiger partial charge on any atom is 0.148 e. The van der Waals surface area contributed by atoms with E-state index in [1.54, 1.807) is 7.11 Å². The molecular weight excluding hydrogens is 438 g/mol. The maximum atomic E-state index is 12.6. The van der Waals surface area contributed by atoms with Crippen molar-refractivity contribution in [2.45, 2.75) is 74.3 Å². The van der Waals surface area contributed by atoms with Gasteiger partial charge in [0.15, 0.2) is 0 Å². The van der Waals surface area contributed by atoms with Gasteiger partial charge in [-0.05, 0) is 31.7 Å². The number of ether oxygens (including phenoxy) is 6. The lowest BCUT2D eigenvalue weighted by atomic mass is 9.42. The summed E-state index contributed by atoms with van der Waals surface area (Å²) in [6.07, 6.45) is 3.20. The van der Waals surface area contributed by atoms with Crippen LogP contribution in [0.1, 0.15) is 32.6 Å².